The van der Waals surface area contributed by atoms with Gasteiger partial charge >= 0.3 is 6.18 Å². The molecule has 0 saturated heterocycles. The molecule has 0 N–H and O–H groups in total. The van der Waals surface area contributed by atoms with Crippen LogP contribution in [0.2, 0.25) is 0 Å². The SMILES string of the molecule is C=Cc1ccc(C(F)(F)F)cc1CC. The number of alkyl halides is 3. The molecule has 14 heavy (non-hydrogen) atoms. The van der Waals surface area contributed by atoms with E-state index in [2.05, 4.69) is 6.58 Å². The van der Waals surface area contributed by atoms with E-state index in [4.69, 9.17) is 0 Å². The van der Waals surface area contributed by atoms with E-state index in [1.54, 1.807) is 6.08 Å². The van der Waals surface area contributed by atoms with Crippen LogP contribution < -0.4 is 0 Å². The van der Waals surface area contributed by atoms with E-state index < -0.39 is 11.7 Å². The van der Waals surface area contributed by atoms with Crippen LogP contribution in [-0.4, -0.2) is 0 Å². The molecule has 0 aliphatic carbocycles. The summed E-state index contributed by atoms with van der Waals surface area (Å²) >= 11 is 0. The van der Waals surface area contributed by atoms with E-state index >= 15 is 0 Å². The Morgan fingerprint density at radius 1 is 1.36 bits per heavy atom. The van der Waals surface area contributed by atoms with Gasteiger partial charge in [-0.15, -0.1) is 0 Å². The summed E-state index contributed by atoms with van der Waals surface area (Å²) in [5, 5.41) is 0. The van der Waals surface area contributed by atoms with E-state index in [9.17, 15) is 13.2 Å². The van der Waals surface area contributed by atoms with Crippen LogP contribution in [0.15, 0.2) is 24.8 Å². The van der Waals surface area contributed by atoms with Crippen LogP contribution in [0.25, 0.3) is 6.08 Å². The first kappa shape index (κ1) is 10.8. The topological polar surface area (TPSA) is 0 Å². The summed E-state index contributed by atoms with van der Waals surface area (Å²) in [6, 6.07) is 3.71. The zero-order valence-corrected chi connectivity index (χ0v) is 7.86. The van der Waals surface area contributed by atoms with Crippen LogP contribution in [-0.2, 0) is 12.6 Å². The second-order valence-electron chi connectivity index (χ2n) is 2.97. The Balaban J connectivity index is 3.21. The fourth-order valence-electron chi connectivity index (χ4n) is 1.29. The van der Waals surface area contributed by atoms with Crippen molar-refractivity contribution in [2.75, 3.05) is 0 Å². The van der Waals surface area contributed by atoms with Crippen LogP contribution in [0.4, 0.5) is 13.2 Å². The van der Waals surface area contributed by atoms with Crippen molar-refractivity contribution in [3.8, 4) is 0 Å². The molecule has 0 radical (unpaired) electrons. The molecule has 0 aliphatic rings. The standard InChI is InChI=1S/C11H11F3/c1-3-8-5-6-10(11(12,13)14)7-9(8)4-2/h3,5-7H,1,4H2,2H3. The van der Waals surface area contributed by atoms with Gasteiger partial charge in [0, 0.05) is 0 Å². The predicted molar refractivity (Wildman–Crippen MR) is 50.9 cm³/mol. The average Bonchev–Trinajstić information content (AvgIpc) is 2.15. The van der Waals surface area contributed by atoms with Gasteiger partial charge in [0.05, 0.1) is 5.56 Å². The fraction of sp³-hybridized carbons (Fsp3) is 0.273. The van der Waals surface area contributed by atoms with E-state index in [0.717, 1.165) is 11.6 Å². The van der Waals surface area contributed by atoms with Gasteiger partial charge in [-0.05, 0) is 29.7 Å². The minimum atomic E-state index is -4.26. The molecule has 0 bridgehead atoms. The lowest BCUT2D eigenvalue weighted by Gasteiger charge is -2.10. The highest BCUT2D eigenvalue weighted by Gasteiger charge is 2.30. The highest BCUT2D eigenvalue weighted by molar-refractivity contribution is 5.53. The zero-order valence-electron chi connectivity index (χ0n) is 7.86. The normalized spacial score (nSPS) is 11.4. The molecular weight excluding hydrogens is 189 g/mol. The minimum Gasteiger partial charge on any atom is -0.166 e. The molecule has 0 fully saturated rings. The first-order chi connectivity index (χ1) is 6.49. The summed E-state index contributed by atoms with van der Waals surface area (Å²) in [5.74, 6) is 0. The smallest absolute Gasteiger partial charge is 0.166 e. The molecule has 1 rings (SSSR count). The van der Waals surface area contributed by atoms with Crippen LogP contribution in [0, 0.1) is 0 Å². The Bertz CT molecular complexity index is 337. The number of aryl methyl sites for hydroxylation is 1. The number of benzene rings is 1. The second-order valence-corrected chi connectivity index (χ2v) is 2.97. The molecule has 0 spiro atoms. The van der Waals surface area contributed by atoms with Crippen molar-refractivity contribution in [3.05, 3.63) is 41.5 Å². The van der Waals surface area contributed by atoms with Crippen LogP contribution in [0.5, 0.6) is 0 Å². The maximum Gasteiger partial charge on any atom is 0.416 e. The summed E-state index contributed by atoms with van der Waals surface area (Å²) in [5.41, 5.74) is 0.843. The van der Waals surface area contributed by atoms with Gasteiger partial charge in [-0.3, -0.25) is 0 Å². The van der Waals surface area contributed by atoms with E-state index in [1.165, 1.54) is 12.1 Å². The molecule has 1 aromatic carbocycles. The fourth-order valence-corrected chi connectivity index (χ4v) is 1.29. The largest absolute Gasteiger partial charge is 0.416 e. The summed E-state index contributed by atoms with van der Waals surface area (Å²) in [4.78, 5) is 0. The number of rotatable bonds is 2. The monoisotopic (exact) mass is 200 g/mol. The molecule has 76 valence electrons. The molecule has 0 unspecified atom stereocenters. The predicted octanol–water partition coefficient (Wildman–Crippen LogP) is 3.91. The quantitative estimate of drug-likeness (QED) is 0.678. The van der Waals surface area contributed by atoms with Crippen LogP contribution in [0.1, 0.15) is 23.6 Å². The van der Waals surface area contributed by atoms with E-state index in [0.29, 0.717) is 12.0 Å². The summed E-state index contributed by atoms with van der Waals surface area (Å²) in [6.07, 6.45) is -2.12. The van der Waals surface area contributed by atoms with Gasteiger partial charge in [0.2, 0.25) is 0 Å². The van der Waals surface area contributed by atoms with Gasteiger partial charge in [-0.2, -0.15) is 13.2 Å². The molecule has 0 amide bonds. The zero-order chi connectivity index (χ0) is 10.8. The van der Waals surface area contributed by atoms with Gasteiger partial charge in [0.25, 0.3) is 0 Å². The van der Waals surface area contributed by atoms with Crippen LogP contribution >= 0.6 is 0 Å². The highest BCUT2D eigenvalue weighted by Crippen LogP contribution is 2.30. The Morgan fingerprint density at radius 3 is 2.43 bits per heavy atom. The maximum atomic E-state index is 12.3. The lowest BCUT2D eigenvalue weighted by Crippen LogP contribution is -2.05. The molecule has 0 heterocycles. The van der Waals surface area contributed by atoms with Gasteiger partial charge in [0.15, 0.2) is 0 Å². The maximum absolute atomic E-state index is 12.3. The minimum absolute atomic E-state index is 0.575. The van der Waals surface area contributed by atoms with Crippen LogP contribution in [0.3, 0.4) is 0 Å². The third-order valence-corrected chi connectivity index (χ3v) is 2.07. The molecule has 0 saturated carbocycles. The van der Waals surface area contributed by atoms with Crippen molar-refractivity contribution in [3.63, 3.8) is 0 Å². The molecule has 1 aromatic rings. The first-order valence-electron chi connectivity index (χ1n) is 4.31. The third-order valence-electron chi connectivity index (χ3n) is 2.07. The van der Waals surface area contributed by atoms with Crippen molar-refractivity contribution in [1.29, 1.82) is 0 Å². The number of hydrogen-bond acceptors (Lipinski definition) is 0. The van der Waals surface area contributed by atoms with Crippen molar-refractivity contribution >= 4 is 6.08 Å². The lowest BCUT2D eigenvalue weighted by molar-refractivity contribution is -0.137. The Kier molecular flexibility index (Phi) is 2.99. The Labute approximate surface area is 81.1 Å². The molecule has 3 heteroatoms. The lowest BCUT2D eigenvalue weighted by atomic mass is 10.0. The number of hydrogen-bond donors (Lipinski definition) is 0. The van der Waals surface area contributed by atoms with Gasteiger partial charge in [-0.25, -0.2) is 0 Å². The third kappa shape index (κ3) is 2.16. The molecule has 0 nitrogen and oxygen atoms in total. The summed E-state index contributed by atoms with van der Waals surface area (Å²) in [6.45, 7) is 5.37. The Hall–Kier alpha value is -1.25. The van der Waals surface area contributed by atoms with Crippen molar-refractivity contribution in [2.45, 2.75) is 19.5 Å². The molecule has 0 aromatic heterocycles. The van der Waals surface area contributed by atoms with Gasteiger partial charge < -0.3 is 0 Å². The summed E-state index contributed by atoms with van der Waals surface area (Å²) < 4.78 is 36.9. The van der Waals surface area contributed by atoms with E-state index in [-0.39, 0.29) is 0 Å². The van der Waals surface area contributed by atoms with Gasteiger partial charge in [-0.1, -0.05) is 25.6 Å². The summed E-state index contributed by atoms with van der Waals surface area (Å²) in [7, 11) is 0. The first-order valence-corrected chi connectivity index (χ1v) is 4.31. The van der Waals surface area contributed by atoms with Gasteiger partial charge in [0.1, 0.15) is 0 Å². The van der Waals surface area contributed by atoms with Crippen molar-refractivity contribution in [2.24, 2.45) is 0 Å². The molecule has 0 aliphatic heterocycles. The Morgan fingerprint density at radius 2 is 2.00 bits per heavy atom. The second kappa shape index (κ2) is 3.86. The molecular formula is C11H11F3. The molecule has 0 atom stereocenters. The highest BCUT2D eigenvalue weighted by atomic mass is 19.4. The van der Waals surface area contributed by atoms with Crippen molar-refractivity contribution in [1.82, 2.24) is 0 Å². The number of halogens is 3. The van der Waals surface area contributed by atoms with E-state index in [1.807, 2.05) is 6.92 Å². The van der Waals surface area contributed by atoms with Crippen molar-refractivity contribution < 1.29 is 13.2 Å². The average molecular weight is 200 g/mol.